The Hall–Kier alpha value is -0.820. The molecule has 1 aliphatic rings. The highest BCUT2D eigenvalue weighted by Crippen LogP contribution is 2.46. The second-order valence-electron chi connectivity index (χ2n) is 7.17. The van der Waals surface area contributed by atoms with Gasteiger partial charge in [-0.2, -0.15) is 0 Å². The fourth-order valence-electron chi connectivity index (χ4n) is 3.53. The van der Waals surface area contributed by atoms with Crippen LogP contribution in [0.3, 0.4) is 0 Å². The summed E-state index contributed by atoms with van der Waals surface area (Å²) in [4.78, 5) is 0. The van der Waals surface area contributed by atoms with E-state index in [1.54, 1.807) is 5.56 Å². The summed E-state index contributed by atoms with van der Waals surface area (Å²) in [6.45, 7) is 10.4. The van der Waals surface area contributed by atoms with E-state index in [0.29, 0.717) is 5.41 Å². The third-order valence-electron chi connectivity index (χ3n) is 4.96. The van der Waals surface area contributed by atoms with Crippen molar-refractivity contribution in [2.75, 3.05) is 13.6 Å². The minimum absolute atomic E-state index is 0.494. The van der Waals surface area contributed by atoms with Crippen LogP contribution in [-0.4, -0.2) is 13.6 Å². The SMILES string of the molecule is CNCC1CCC(C)(C)CC1c1ccc(C)c(C)c1. The Morgan fingerprint density at radius 1 is 1.21 bits per heavy atom. The van der Waals surface area contributed by atoms with E-state index in [1.165, 1.54) is 30.4 Å². The molecular formula is C18H29N. The van der Waals surface area contributed by atoms with Crippen LogP contribution in [-0.2, 0) is 0 Å². The van der Waals surface area contributed by atoms with Crippen LogP contribution < -0.4 is 5.32 Å². The largest absolute Gasteiger partial charge is 0.319 e. The number of nitrogens with one attached hydrogen (secondary N) is 1. The van der Waals surface area contributed by atoms with Crippen LogP contribution in [0.25, 0.3) is 0 Å². The molecule has 1 aromatic rings. The van der Waals surface area contributed by atoms with Gasteiger partial charge >= 0.3 is 0 Å². The maximum Gasteiger partial charge on any atom is -0.00177 e. The first-order chi connectivity index (χ1) is 8.93. The van der Waals surface area contributed by atoms with Gasteiger partial charge in [-0.3, -0.25) is 0 Å². The van der Waals surface area contributed by atoms with E-state index in [9.17, 15) is 0 Å². The normalized spacial score (nSPS) is 26.4. The minimum Gasteiger partial charge on any atom is -0.319 e. The molecule has 0 bridgehead atoms. The van der Waals surface area contributed by atoms with Crippen LogP contribution in [0.1, 0.15) is 55.7 Å². The molecule has 0 aliphatic heterocycles. The predicted molar refractivity (Wildman–Crippen MR) is 83.7 cm³/mol. The molecule has 1 saturated carbocycles. The summed E-state index contributed by atoms with van der Waals surface area (Å²) < 4.78 is 0. The molecule has 1 aromatic carbocycles. The lowest BCUT2D eigenvalue weighted by atomic mass is 9.65. The number of hydrogen-bond acceptors (Lipinski definition) is 1. The molecule has 2 atom stereocenters. The molecule has 0 amide bonds. The topological polar surface area (TPSA) is 12.0 Å². The molecule has 106 valence electrons. The number of benzene rings is 1. The van der Waals surface area contributed by atoms with Gasteiger partial charge in [-0.05, 0) is 80.6 Å². The Kier molecular flexibility index (Phi) is 4.35. The number of rotatable bonds is 3. The zero-order valence-corrected chi connectivity index (χ0v) is 13.2. The second-order valence-corrected chi connectivity index (χ2v) is 7.17. The van der Waals surface area contributed by atoms with E-state index in [0.717, 1.165) is 18.4 Å². The lowest BCUT2D eigenvalue weighted by Crippen LogP contribution is -2.33. The Morgan fingerprint density at radius 3 is 2.58 bits per heavy atom. The van der Waals surface area contributed by atoms with Crippen molar-refractivity contribution >= 4 is 0 Å². The van der Waals surface area contributed by atoms with Crippen LogP contribution in [0.2, 0.25) is 0 Å². The average molecular weight is 259 g/mol. The number of aryl methyl sites for hydroxylation is 2. The van der Waals surface area contributed by atoms with Crippen molar-refractivity contribution in [1.82, 2.24) is 5.32 Å². The summed E-state index contributed by atoms with van der Waals surface area (Å²) in [6, 6.07) is 7.07. The van der Waals surface area contributed by atoms with E-state index in [2.05, 4.69) is 58.3 Å². The Bertz CT molecular complexity index is 433. The van der Waals surface area contributed by atoms with Gasteiger partial charge in [0.2, 0.25) is 0 Å². The van der Waals surface area contributed by atoms with Crippen molar-refractivity contribution in [1.29, 1.82) is 0 Å². The summed E-state index contributed by atoms with van der Waals surface area (Å²) in [5, 5.41) is 3.39. The van der Waals surface area contributed by atoms with Crippen molar-refractivity contribution in [3.63, 3.8) is 0 Å². The summed E-state index contributed by atoms with van der Waals surface area (Å²) in [6.07, 6.45) is 4.04. The third kappa shape index (κ3) is 3.39. The molecule has 0 heterocycles. The first-order valence-corrected chi connectivity index (χ1v) is 7.65. The molecule has 1 heteroatoms. The Balaban J connectivity index is 2.27. The van der Waals surface area contributed by atoms with Gasteiger partial charge in [-0.25, -0.2) is 0 Å². The summed E-state index contributed by atoms with van der Waals surface area (Å²) >= 11 is 0. The van der Waals surface area contributed by atoms with E-state index >= 15 is 0 Å². The number of hydrogen-bond donors (Lipinski definition) is 1. The first-order valence-electron chi connectivity index (χ1n) is 7.65. The van der Waals surface area contributed by atoms with Gasteiger partial charge in [0.15, 0.2) is 0 Å². The van der Waals surface area contributed by atoms with Crippen molar-refractivity contribution in [2.45, 2.75) is 52.9 Å². The smallest absolute Gasteiger partial charge is 0.00177 e. The highest BCUT2D eigenvalue weighted by molar-refractivity contribution is 5.32. The minimum atomic E-state index is 0.494. The zero-order chi connectivity index (χ0) is 14.0. The molecule has 2 rings (SSSR count). The van der Waals surface area contributed by atoms with Crippen LogP contribution in [0.4, 0.5) is 0 Å². The second kappa shape index (κ2) is 5.66. The molecule has 1 nitrogen and oxygen atoms in total. The van der Waals surface area contributed by atoms with Crippen LogP contribution in [0.5, 0.6) is 0 Å². The van der Waals surface area contributed by atoms with Gasteiger partial charge in [-0.1, -0.05) is 32.0 Å². The van der Waals surface area contributed by atoms with E-state index in [1.807, 2.05) is 0 Å². The molecular weight excluding hydrogens is 230 g/mol. The average Bonchev–Trinajstić information content (AvgIpc) is 2.35. The first kappa shape index (κ1) is 14.6. The molecule has 2 unspecified atom stereocenters. The molecule has 1 aliphatic carbocycles. The zero-order valence-electron chi connectivity index (χ0n) is 13.2. The monoisotopic (exact) mass is 259 g/mol. The quantitative estimate of drug-likeness (QED) is 0.846. The van der Waals surface area contributed by atoms with Gasteiger partial charge < -0.3 is 5.32 Å². The van der Waals surface area contributed by atoms with Gasteiger partial charge in [0.05, 0.1) is 0 Å². The van der Waals surface area contributed by atoms with Crippen molar-refractivity contribution in [3.05, 3.63) is 34.9 Å². The van der Waals surface area contributed by atoms with Crippen molar-refractivity contribution in [3.8, 4) is 0 Å². The summed E-state index contributed by atoms with van der Waals surface area (Å²) in [5.74, 6) is 1.51. The van der Waals surface area contributed by atoms with Gasteiger partial charge in [0.1, 0.15) is 0 Å². The van der Waals surface area contributed by atoms with Gasteiger partial charge in [0, 0.05) is 0 Å². The van der Waals surface area contributed by atoms with Crippen LogP contribution in [0, 0.1) is 25.2 Å². The molecule has 19 heavy (non-hydrogen) atoms. The molecule has 0 saturated heterocycles. The molecule has 1 N–H and O–H groups in total. The maximum atomic E-state index is 3.39. The molecule has 1 fully saturated rings. The van der Waals surface area contributed by atoms with E-state index < -0.39 is 0 Å². The van der Waals surface area contributed by atoms with Crippen molar-refractivity contribution in [2.24, 2.45) is 11.3 Å². The molecule has 0 radical (unpaired) electrons. The van der Waals surface area contributed by atoms with Gasteiger partial charge in [-0.15, -0.1) is 0 Å². The predicted octanol–water partition coefficient (Wildman–Crippen LogP) is 4.43. The molecule has 0 aromatic heterocycles. The Labute approximate surface area is 118 Å². The Morgan fingerprint density at radius 2 is 1.95 bits per heavy atom. The fourth-order valence-corrected chi connectivity index (χ4v) is 3.53. The summed E-state index contributed by atoms with van der Waals surface area (Å²) in [5.41, 5.74) is 4.89. The lowest BCUT2D eigenvalue weighted by molar-refractivity contribution is 0.161. The van der Waals surface area contributed by atoms with E-state index in [4.69, 9.17) is 0 Å². The highest BCUT2D eigenvalue weighted by atomic mass is 14.8. The van der Waals surface area contributed by atoms with Gasteiger partial charge in [0.25, 0.3) is 0 Å². The lowest BCUT2D eigenvalue weighted by Gasteiger charge is -2.41. The van der Waals surface area contributed by atoms with Crippen LogP contribution in [0.15, 0.2) is 18.2 Å². The van der Waals surface area contributed by atoms with Crippen molar-refractivity contribution < 1.29 is 0 Å². The molecule has 0 spiro atoms. The highest BCUT2D eigenvalue weighted by Gasteiger charge is 2.35. The third-order valence-corrected chi connectivity index (χ3v) is 4.96. The van der Waals surface area contributed by atoms with E-state index in [-0.39, 0.29) is 0 Å². The summed E-state index contributed by atoms with van der Waals surface area (Å²) in [7, 11) is 2.08. The maximum absolute atomic E-state index is 3.39. The van der Waals surface area contributed by atoms with Crippen LogP contribution >= 0.6 is 0 Å². The standard InChI is InChI=1S/C18H29N/c1-13-6-7-15(10-14(13)2)17-11-18(3,4)9-8-16(17)12-19-5/h6-7,10,16-17,19H,8-9,11-12H2,1-5H3. The fraction of sp³-hybridized carbons (Fsp3) is 0.667.